The van der Waals surface area contributed by atoms with Gasteiger partial charge < -0.3 is 15.2 Å². The molecule has 1 aliphatic heterocycles. The standard InChI is InChI=1S/C22H19FN2O3/c23-17-4-1-14(2-5-17)15-3-6-18-16(8-10-28-21(18)11-15)12-25-20-13-24-9-7-19(20)22(26)27/h1-7,9,11,13,16,25H,8,10,12H2,(H,26,27)/t16-/m0/s1. The number of aromatic carboxylic acids is 1. The third-order valence-electron chi connectivity index (χ3n) is 4.95. The summed E-state index contributed by atoms with van der Waals surface area (Å²) in [6, 6.07) is 13.9. The quantitative estimate of drug-likeness (QED) is 0.681. The van der Waals surface area contributed by atoms with Crippen LogP contribution < -0.4 is 10.1 Å². The molecule has 0 aliphatic carbocycles. The second-order valence-corrected chi connectivity index (χ2v) is 6.70. The molecule has 28 heavy (non-hydrogen) atoms. The van der Waals surface area contributed by atoms with Crippen LogP contribution in [0.15, 0.2) is 60.9 Å². The van der Waals surface area contributed by atoms with E-state index >= 15 is 0 Å². The van der Waals surface area contributed by atoms with Crippen molar-refractivity contribution in [3.63, 3.8) is 0 Å². The Kier molecular flexibility index (Phi) is 4.93. The molecular weight excluding hydrogens is 359 g/mol. The van der Waals surface area contributed by atoms with Crippen molar-refractivity contribution >= 4 is 11.7 Å². The van der Waals surface area contributed by atoms with Gasteiger partial charge in [0.05, 0.1) is 24.1 Å². The largest absolute Gasteiger partial charge is 0.493 e. The maximum atomic E-state index is 13.2. The van der Waals surface area contributed by atoms with Crippen LogP contribution in [0.25, 0.3) is 11.1 Å². The highest BCUT2D eigenvalue weighted by Gasteiger charge is 2.22. The number of aromatic nitrogens is 1. The number of fused-ring (bicyclic) bond motifs is 1. The molecule has 2 N–H and O–H groups in total. The Morgan fingerprint density at radius 1 is 1.18 bits per heavy atom. The smallest absolute Gasteiger partial charge is 0.337 e. The number of carboxylic acid groups (broad SMARTS) is 1. The van der Waals surface area contributed by atoms with Crippen LogP contribution in [0.4, 0.5) is 10.1 Å². The molecule has 3 aromatic rings. The molecule has 4 rings (SSSR count). The summed E-state index contributed by atoms with van der Waals surface area (Å²) in [6.07, 6.45) is 3.83. The fraction of sp³-hybridized carbons (Fsp3) is 0.182. The summed E-state index contributed by atoms with van der Waals surface area (Å²) in [4.78, 5) is 15.4. The van der Waals surface area contributed by atoms with Gasteiger partial charge in [0.15, 0.2) is 0 Å². The number of hydrogen-bond acceptors (Lipinski definition) is 4. The van der Waals surface area contributed by atoms with E-state index in [1.165, 1.54) is 30.6 Å². The number of anilines is 1. The van der Waals surface area contributed by atoms with Crippen molar-refractivity contribution in [2.45, 2.75) is 12.3 Å². The maximum Gasteiger partial charge on any atom is 0.337 e. The van der Waals surface area contributed by atoms with Crippen molar-refractivity contribution in [3.8, 4) is 16.9 Å². The highest BCUT2D eigenvalue weighted by Crippen LogP contribution is 2.37. The third kappa shape index (κ3) is 3.67. The topological polar surface area (TPSA) is 71.5 Å². The first kappa shape index (κ1) is 18.0. The van der Waals surface area contributed by atoms with Gasteiger partial charge in [0.1, 0.15) is 11.6 Å². The van der Waals surface area contributed by atoms with Crippen molar-refractivity contribution in [1.29, 1.82) is 0 Å². The van der Waals surface area contributed by atoms with Crippen LogP contribution in [0.5, 0.6) is 5.75 Å². The summed E-state index contributed by atoms with van der Waals surface area (Å²) in [6.45, 7) is 1.17. The fourth-order valence-electron chi connectivity index (χ4n) is 3.45. The average molecular weight is 378 g/mol. The number of carbonyl (C=O) groups is 1. The molecule has 0 radical (unpaired) electrons. The molecule has 142 valence electrons. The van der Waals surface area contributed by atoms with E-state index in [2.05, 4.69) is 10.3 Å². The fourth-order valence-corrected chi connectivity index (χ4v) is 3.45. The van der Waals surface area contributed by atoms with E-state index < -0.39 is 5.97 Å². The monoisotopic (exact) mass is 378 g/mol. The molecule has 5 nitrogen and oxygen atoms in total. The molecule has 0 unspecified atom stereocenters. The number of hydrogen-bond donors (Lipinski definition) is 2. The summed E-state index contributed by atoms with van der Waals surface area (Å²) in [5.74, 6) is -0.251. The lowest BCUT2D eigenvalue weighted by Gasteiger charge is -2.27. The average Bonchev–Trinajstić information content (AvgIpc) is 2.72. The summed E-state index contributed by atoms with van der Waals surface area (Å²) in [5, 5.41) is 12.5. The molecule has 2 aromatic carbocycles. The van der Waals surface area contributed by atoms with Crippen LogP contribution in [-0.2, 0) is 0 Å². The van der Waals surface area contributed by atoms with Gasteiger partial charge in [0, 0.05) is 18.7 Å². The summed E-state index contributed by atoms with van der Waals surface area (Å²) in [7, 11) is 0. The van der Waals surface area contributed by atoms with Crippen LogP contribution in [0.1, 0.15) is 28.3 Å². The van der Waals surface area contributed by atoms with Gasteiger partial charge in [0.2, 0.25) is 0 Å². The van der Waals surface area contributed by atoms with E-state index in [1.54, 1.807) is 12.1 Å². The number of nitrogens with zero attached hydrogens (tertiary/aromatic N) is 1. The molecular formula is C22H19FN2O3. The minimum absolute atomic E-state index is 0.188. The van der Waals surface area contributed by atoms with Crippen molar-refractivity contribution in [1.82, 2.24) is 4.98 Å². The molecule has 1 aliphatic rings. The molecule has 1 atom stereocenters. The van der Waals surface area contributed by atoms with Crippen molar-refractivity contribution < 1.29 is 19.0 Å². The minimum Gasteiger partial charge on any atom is -0.493 e. The van der Waals surface area contributed by atoms with Crippen LogP contribution in [-0.4, -0.2) is 29.2 Å². The number of rotatable bonds is 5. The van der Waals surface area contributed by atoms with Gasteiger partial charge in [-0.3, -0.25) is 4.98 Å². The Balaban J connectivity index is 1.54. The second kappa shape index (κ2) is 7.68. The van der Waals surface area contributed by atoms with E-state index in [1.807, 2.05) is 18.2 Å². The SMILES string of the molecule is O=C(O)c1ccncc1NC[C@@H]1CCOc2cc(-c3ccc(F)cc3)ccc21. The predicted molar refractivity (Wildman–Crippen MR) is 104 cm³/mol. The zero-order valence-electron chi connectivity index (χ0n) is 15.1. The van der Waals surface area contributed by atoms with Crippen molar-refractivity contribution in [2.24, 2.45) is 0 Å². The van der Waals surface area contributed by atoms with E-state index in [4.69, 9.17) is 4.74 Å². The maximum absolute atomic E-state index is 13.2. The highest BCUT2D eigenvalue weighted by molar-refractivity contribution is 5.93. The number of halogens is 1. The molecule has 0 bridgehead atoms. The number of pyridine rings is 1. The second-order valence-electron chi connectivity index (χ2n) is 6.70. The molecule has 1 aromatic heterocycles. The molecule has 0 amide bonds. The predicted octanol–water partition coefficient (Wildman–Crippen LogP) is 4.56. The number of carboxylic acids is 1. The van der Waals surface area contributed by atoms with Gasteiger partial charge in [0.25, 0.3) is 0 Å². The lowest BCUT2D eigenvalue weighted by atomic mass is 9.91. The third-order valence-corrected chi connectivity index (χ3v) is 4.95. The first-order valence-electron chi connectivity index (χ1n) is 9.05. The van der Waals surface area contributed by atoms with Gasteiger partial charge in [-0.1, -0.05) is 24.3 Å². The summed E-state index contributed by atoms with van der Waals surface area (Å²) in [5.41, 5.74) is 3.67. The zero-order valence-corrected chi connectivity index (χ0v) is 15.1. The number of benzene rings is 2. The van der Waals surface area contributed by atoms with Gasteiger partial charge in [-0.2, -0.15) is 0 Å². The van der Waals surface area contributed by atoms with Crippen LogP contribution in [0.2, 0.25) is 0 Å². The first-order chi connectivity index (χ1) is 13.6. The molecule has 6 heteroatoms. The Bertz CT molecular complexity index is 1000. The van der Waals surface area contributed by atoms with E-state index in [0.717, 1.165) is 28.9 Å². The molecule has 0 spiro atoms. The van der Waals surface area contributed by atoms with E-state index in [-0.39, 0.29) is 17.3 Å². The lowest BCUT2D eigenvalue weighted by Crippen LogP contribution is -2.21. The van der Waals surface area contributed by atoms with Gasteiger partial charge in [-0.05, 0) is 47.4 Å². The van der Waals surface area contributed by atoms with Crippen molar-refractivity contribution in [2.75, 3.05) is 18.5 Å². The Hall–Kier alpha value is -3.41. The number of ether oxygens (including phenoxy) is 1. The molecule has 0 fully saturated rings. The minimum atomic E-state index is -0.985. The Morgan fingerprint density at radius 3 is 2.75 bits per heavy atom. The summed E-state index contributed by atoms with van der Waals surface area (Å²) >= 11 is 0. The van der Waals surface area contributed by atoms with Gasteiger partial charge in [-0.25, -0.2) is 9.18 Å². The van der Waals surface area contributed by atoms with Crippen LogP contribution in [0.3, 0.4) is 0 Å². The van der Waals surface area contributed by atoms with Gasteiger partial charge >= 0.3 is 5.97 Å². The zero-order chi connectivity index (χ0) is 19.5. The van der Waals surface area contributed by atoms with Crippen molar-refractivity contribution in [3.05, 3.63) is 77.9 Å². The molecule has 0 saturated carbocycles. The molecule has 0 saturated heterocycles. The van der Waals surface area contributed by atoms with E-state index in [9.17, 15) is 14.3 Å². The highest BCUT2D eigenvalue weighted by atomic mass is 19.1. The van der Waals surface area contributed by atoms with Crippen LogP contribution >= 0.6 is 0 Å². The van der Waals surface area contributed by atoms with Crippen LogP contribution in [0, 0.1) is 5.82 Å². The normalized spacial score (nSPS) is 15.4. The lowest BCUT2D eigenvalue weighted by molar-refractivity contribution is 0.0697. The Morgan fingerprint density at radius 2 is 1.96 bits per heavy atom. The number of nitrogens with one attached hydrogen (secondary N) is 1. The molecule has 2 heterocycles. The Labute approximate surface area is 161 Å². The summed E-state index contributed by atoms with van der Waals surface area (Å²) < 4.78 is 19.0. The first-order valence-corrected chi connectivity index (χ1v) is 9.05. The van der Waals surface area contributed by atoms with Gasteiger partial charge in [-0.15, -0.1) is 0 Å². The van der Waals surface area contributed by atoms with E-state index in [0.29, 0.717) is 18.8 Å².